The molecule has 0 amide bonds. The van der Waals surface area contributed by atoms with E-state index in [0.717, 1.165) is 17.0 Å². The molecule has 3 aromatic rings. The van der Waals surface area contributed by atoms with E-state index < -0.39 is 5.82 Å². The fourth-order valence-electron chi connectivity index (χ4n) is 5.67. The van der Waals surface area contributed by atoms with Gasteiger partial charge in [0, 0.05) is 23.5 Å². The van der Waals surface area contributed by atoms with Crippen molar-refractivity contribution in [3.63, 3.8) is 0 Å². The molecule has 1 aliphatic carbocycles. The van der Waals surface area contributed by atoms with Gasteiger partial charge in [-0.05, 0) is 66.8 Å². The maximum absolute atomic E-state index is 13.9. The molecular formula is C33H40FN3. The normalized spacial score (nSPS) is 17.4. The number of nitrogens with zero attached hydrogens (tertiary/aromatic N) is 3. The highest BCUT2D eigenvalue weighted by atomic mass is 19.1. The van der Waals surface area contributed by atoms with Crippen molar-refractivity contribution >= 4 is 0 Å². The van der Waals surface area contributed by atoms with Crippen molar-refractivity contribution in [2.24, 2.45) is 5.92 Å². The summed E-state index contributed by atoms with van der Waals surface area (Å²) in [4.78, 5) is 8.87. The summed E-state index contributed by atoms with van der Waals surface area (Å²) < 4.78 is 13.9. The van der Waals surface area contributed by atoms with Crippen molar-refractivity contribution in [1.29, 1.82) is 5.26 Å². The van der Waals surface area contributed by atoms with E-state index in [9.17, 15) is 4.39 Å². The zero-order chi connectivity index (χ0) is 25.9. The van der Waals surface area contributed by atoms with Gasteiger partial charge in [-0.15, -0.1) is 0 Å². The molecule has 1 aromatic heterocycles. The highest BCUT2D eigenvalue weighted by molar-refractivity contribution is 5.64. The van der Waals surface area contributed by atoms with Gasteiger partial charge in [0.1, 0.15) is 11.9 Å². The zero-order valence-electron chi connectivity index (χ0n) is 22.3. The van der Waals surface area contributed by atoms with Crippen molar-refractivity contribution in [1.82, 2.24) is 9.97 Å². The molecule has 0 aliphatic heterocycles. The van der Waals surface area contributed by atoms with Crippen LogP contribution < -0.4 is 0 Å². The number of halogens is 1. The minimum absolute atomic E-state index is 0.0254. The van der Waals surface area contributed by atoms with Crippen LogP contribution >= 0.6 is 0 Å². The van der Waals surface area contributed by atoms with Crippen LogP contribution in [0.2, 0.25) is 0 Å². The molecule has 2 aromatic carbocycles. The van der Waals surface area contributed by atoms with Gasteiger partial charge in [-0.1, -0.05) is 89.0 Å². The lowest BCUT2D eigenvalue weighted by atomic mass is 9.77. The Morgan fingerprint density at radius 3 is 2.03 bits per heavy atom. The van der Waals surface area contributed by atoms with Crippen LogP contribution in [0.5, 0.6) is 0 Å². The minimum atomic E-state index is -0.550. The zero-order valence-corrected chi connectivity index (χ0v) is 22.3. The van der Waals surface area contributed by atoms with Crippen LogP contribution in [0, 0.1) is 23.1 Å². The number of rotatable bonds is 12. The number of nitriles is 1. The van der Waals surface area contributed by atoms with Crippen molar-refractivity contribution in [3.05, 3.63) is 71.8 Å². The summed E-state index contributed by atoms with van der Waals surface area (Å²) in [7, 11) is 0. The topological polar surface area (TPSA) is 49.6 Å². The standard InChI is InChI=1S/C33H40FN3/c1-2-3-4-5-6-7-8-9-10-25-11-13-26(14-12-25)27-15-17-28(18-16-27)31-23-36-33(37-24-31)29-19-20-30(22-35)32(34)21-29/h15-21,23-26H,2-14H2,1H3/t25-,26-. The molecule has 0 bridgehead atoms. The Kier molecular flexibility index (Phi) is 10.2. The third-order valence-corrected chi connectivity index (χ3v) is 8.03. The lowest BCUT2D eigenvalue weighted by Gasteiger charge is -2.29. The van der Waals surface area contributed by atoms with Crippen molar-refractivity contribution in [2.75, 3.05) is 0 Å². The predicted molar refractivity (Wildman–Crippen MR) is 150 cm³/mol. The molecule has 194 valence electrons. The summed E-state index contributed by atoms with van der Waals surface area (Å²) in [5.74, 6) is 1.50. The summed E-state index contributed by atoms with van der Waals surface area (Å²) in [6, 6.07) is 15.2. The first kappa shape index (κ1) is 27.0. The van der Waals surface area contributed by atoms with Gasteiger partial charge < -0.3 is 0 Å². The first-order valence-corrected chi connectivity index (χ1v) is 14.3. The van der Waals surface area contributed by atoms with Gasteiger partial charge in [0.15, 0.2) is 5.82 Å². The molecule has 0 N–H and O–H groups in total. The number of benzene rings is 2. The number of aromatic nitrogens is 2. The average Bonchev–Trinajstić information content (AvgIpc) is 2.95. The second-order valence-corrected chi connectivity index (χ2v) is 10.7. The molecule has 1 saturated carbocycles. The Morgan fingerprint density at radius 2 is 1.41 bits per heavy atom. The van der Waals surface area contributed by atoms with E-state index in [1.807, 2.05) is 6.07 Å². The number of hydrogen-bond acceptors (Lipinski definition) is 3. The molecule has 0 radical (unpaired) electrons. The SMILES string of the molecule is CCCCCCCCCC[C@H]1CC[C@H](c2ccc(-c3cnc(-c4ccc(C#N)c(F)c4)nc3)cc2)CC1. The summed E-state index contributed by atoms with van der Waals surface area (Å²) in [5, 5.41) is 8.91. The Labute approximate surface area is 222 Å². The first-order chi connectivity index (χ1) is 18.2. The minimum Gasteiger partial charge on any atom is -0.236 e. The summed E-state index contributed by atoms with van der Waals surface area (Å²) >= 11 is 0. The smallest absolute Gasteiger partial charge is 0.159 e. The van der Waals surface area contributed by atoms with Gasteiger partial charge in [-0.25, -0.2) is 14.4 Å². The quantitative estimate of drug-likeness (QED) is 0.234. The van der Waals surface area contributed by atoms with Crippen molar-refractivity contribution < 1.29 is 4.39 Å². The average molecular weight is 498 g/mol. The highest BCUT2D eigenvalue weighted by Crippen LogP contribution is 2.38. The molecule has 0 spiro atoms. The second kappa shape index (κ2) is 14.0. The number of hydrogen-bond donors (Lipinski definition) is 0. The maximum Gasteiger partial charge on any atom is 0.159 e. The molecule has 3 nitrogen and oxygen atoms in total. The van der Waals surface area contributed by atoms with Crippen molar-refractivity contribution in [2.45, 2.75) is 96.3 Å². The van der Waals surface area contributed by atoms with Gasteiger partial charge in [-0.2, -0.15) is 5.26 Å². The van der Waals surface area contributed by atoms with Gasteiger partial charge in [-0.3, -0.25) is 0 Å². The molecule has 1 fully saturated rings. The molecule has 37 heavy (non-hydrogen) atoms. The Hall–Kier alpha value is -3.06. The van der Waals surface area contributed by atoms with Crippen molar-refractivity contribution in [3.8, 4) is 28.6 Å². The molecule has 4 heteroatoms. The van der Waals surface area contributed by atoms with Crippen LogP contribution in [0.3, 0.4) is 0 Å². The van der Waals surface area contributed by atoms with Crippen LogP contribution in [0.1, 0.15) is 107 Å². The van der Waals surface area contributed by atoms with E-state index in [4.69, 9.17) is 5.26 Å². The lowest BCUT2D eigenvalue weighted by Crippen LogP contribution is -2.13. The highest BCUT2D eigenvalue weighted by Gasteiger charge is 2.22. The van der Waals surface area contributed by atoms with Crippen LogP contribution in [0.25, 0.3) is 22.5 Å². The number of unbranched alkanes of at least 4 members (excludes halogenated alkanes) is 7. The van der Waals surface area contributed by atoms with Crippen LogP contribution in [0.4, 0.5) is 4.39 Å². The van der Waals surface area contributed by atoms with Crippen LogP contribution in [-0.4, -0.2) is 9.97 Å². The van der Waals surface area contributed by atoms with Crippen LogP contribution in [0.15, 0.2) is 54.9 Å². The molecule has 4 rings (SSSR count). The molecule has 0 atom stereocenters. The molecule has 0 unspecified atom stereocenters. The maximum atomic E-state index is 13.9. The second-order valence-electron chi connectivity index (χ2n) is 10.7. The lowest BCUT2D eigenvalue weighted by molar-refractivity contribution is 0.302. The Bertz CT molecular complexity index is 1140. The third kappa shape index (κ3) is 7.71. The molecular weight excluding hydrogens is 457 g/mol. The van der Waals surface area contributed by atoms with E-state index >= 15 is 0 Å². The molecule has 1 heterocycles. The monoisotopic (exact) mass is 497 g/mol. The fraction of sp³-hybridized carbons (Fsp3) is 0.485. The first-order valence-electron chi connectivity index (χ1n) is 14.3. The van der Waals surface area contributed by atoms with E-state index in [0.29, 0.717) is 17.3 Å². The summed E-state index contributed by atoms with van der Waals surface area (Å²) in [6.07, 6.45) is 21.6. The molecule has 1 aliphatic rings. The van der Waals surface area contributed by atoms with Gasteiger partial charge in [0.2, 0.25) is 0 Å². The fourth-order valence-corrected chi connectivity index (χ4v) is 5.67. The largest absolute Gasteiger partial charge is 0.236 e. The van der Waals surface area contributed by atoms with E-state index in [1.165, 1.54) is 101 Å². The van der Waals surface area contributed by atoms with Gasteiger partial charge >= 0.3 is 0 Å². The Morgan fingerprint density at radius 1 is 0.784 bits per heavy atom. The van der Waals surface area contributed by atoms with E-state index in [-0.39, 0.29) is 5.56 Å². The van der Waals surface area contributed by atoms with Gasteiger partial charge in [0.05, 0.1) is 5.56 Å². The predicted octanol–water partition coefficient (Wildman–Crippen LogP) is 9.63. The van der Waals surface area contributed by atoms with E-state index in [2.05, 4.69) is 41.2 Å². The van der Waals surface area contributed by atoms with Crippen LogP contribution in [-0.2, 0) is 0 Å². The van der Waals surface area contributed by atoms with E-state index in [1.54, 1.807) is 18.5 Å². The Balaban J connectivity index is 1.22. The van der Waals surface area contributed by atoms with Gasteiger partial charge in [0.25, 0.3) is 0 Å². The summed E-state index contributed by atoms with van der Waals surface area (Å²) in [5.41, 5.74) is 4.07. The third-order valence-electron chi connectivity index (χ3n) is 8.03. The summed E-state index contributed by atoms with van der Waals surface area (Å²) in [6.45, 7) is 2.28. The molecule has 0 saturated heterocycles.